The van der Waals surface area contributed by atoms with E-state index in [4.69, 9.17) is 16.0 Å². The number of rotatable bonds is 3. The van der Waals surface area contributed by atoms with E-state index in [0.29, 0.717) is 16.1 Å². The molecule has 0 radical (unpaired) electrons. The third-order valence-corrected chi connectivity index (χ3v) is 3.08. The van der Waals surface area contributed by atoms with Gasteiger partial charge < -0.3 is 4.42 Å². The van der Waals surface area contributed by atoms with Gasteiger partial charge in [-0.25, -0.2) is 4.68 Å². The summed E-state index contributed by atoms with van der Waals surface area (Å²) in [6.07, 6.45) is 1.57. The molecule has 108 valence electrons. The summed E-state index contributed by atoms with van der Waals surface area (Å²) in [6.45, 7) is 3.89. The van der Waals surface area contributed by atoms with Gasteiger partial charge in [0.2, 0.25) is 0 Å². The van der Waals surface area contributed by atoms with Gasteiger partial charge in [-0.2, -0.15) is 4.98 Å². The Morgan fingerprint density at radius 1 is 1.43 bits per heavy atom. The Kier molecular flexibility index (Phi) is 3.34. The summed E-state index contributed by atoms with van der Waals surface area (Å²) in [6, 6.07) is 5.26. The number of hydrogen-bond acceptors (Lipinski definition) is 5. The van der Waals surface area contributed by atoms with E-state index >= 15 is 0 Å². The first-order valence-corrected chi connectivity index (χ1v) is 6.70. The normalized spacial score (nSPS) is 11.2. The summed E-state index contributed by atoms with van der Waals surface area (Å²) < 4.78 is 7.01. The lowest BCUT2D eigenvalue weighted by Gasteiger charge is -2.00. The van der Waals surface area contributed by atoms with Crippen LogP contribution in [-0.2, 0) is 0 Å². The second-order valence-corrected chi connectivity index (χ2v) is 5.20. The van der Waals surface area contributed by atoms with Gasteiger partial charge in [0.1, 0.15) is 5.52 Å². The minimum atomic E-state index is -0.431. The van der Waals surface area contributed by atoms with Gasteiger partial charge in [-0.15, -0.1) is 5.10 Å². The number of nitrogens with zero attached hydrogens (tertiary/aromatic N) is 4. The number of hydrogen-bond donors (Lipinski definition) is 1. The van der Waals surface area contributed by atoms with Crippen molar-refractivity contribution >= 4 is 34.6 Å². The van der Waals surface area contributed by atoms with Crippen molar-refractivity contribution in [3.05, 3.63) is 35.1 Å². The van der Waals surface area contributed by atoms with E-state index in [-0.39, 0.29) is 17.8 Å². The van der Waals surface area contributed by atoms with Gasteiger partial charge in [-0.05, 0) is 32.0 Å². The van der Waals surface area contributed by atoms with Crippen LogP contribution in [0.2, 0.25) is 5.02 Å². The number of amides is 1. The van der Waals surface area contributed by atoms with E-state index in [1.54, 1.807) is 29.1 Å². The average molecular weight is 306 g/mol. The first-order chi connectivity index (χ1) is 10.0. The third kappa shape index (κ3) is 2.73. The molecule has 21 heavy (non-hydrogen) atoms. The van der Waals surface area contributed by atoms with Crippen molar-refractivity contribution in [3.8, 4) is 0 Å². The molecular weight excluding hydrogens is 294 g/mol. The third-order valence-electron chi connectivity index (χ3n) is 2.84. The van der Waals surface area contributed by atoms with Crippen molar-refractivity contribution in [3.63, 3.8) is 0 Å². The van der Waals surface area contributed by atoms with Crippen LogP contribution in [-0.4, -0.2) is 25.9 Å². The summed E-state index contributed by atoms with van der Waals surface area (Å²) in [4.78, 5) is 16.2. The monoisotopic (exact) mass is 305 g/mol. The smallest absolute Gasteiger partial charge is 0.302 e. The molecule has 7 nitrogen and oxygen atoms in total. The summed E-state index contributed by atoms with van der Waals surface area (Å²) >= 11 is 5.87. The minimum Gasteiger partial charge on any atom is -0.423 e. The predicted octanol–water partition coefficient (Wildman–Crippen LogP) is 2.91. The van der Waals surface area contributed by atoms with Crippen LogP contribution >= 0.6 is 11.6 Å². The van der Waals surface area contributed by atoms with E-state index in [1.807, 2.05) is 13.8 Å². The zero-order chi connectivity index (χ0) is 15.0. The van der Waals surface area contributed by atoms with Crippen LogP contribution in [0.4, 0.5) is 6.01 Å². The number of benzene rings is 1. The molecule has 1 N–H and O–H groups in total. The highest BCUT2D eigenvalue weighted by atomic mass is 35.5. The standard InChI is InChI=1S/C13H12ClN5O2/c1-7(2)19-6-10(17-18-19)12(20)16-13-15-9-5-8(14)3-4-11(9)21-13/h3-7H,1-2H3,(H,15,16,20). The summed E-state index contributed by atoms with van der Waals surface area (Å²) in [5.41, 5.74) is 1.31. The second kappa shape index (κ2) is 5.17. The van der Waals surface area contributed by atoms with Crippen LogP contribution in [0.3, 0.4) is 0 Å². The number of aromatic nitrogens is 4. The highest BCUT2D eigenvalue weighted by Crippen LogP contribution is 2.22. The van der Waals surface area contributed by atoms with Gasteiger partial charge in [0.15, 0.2) is 11.3 Å². The molecule has 0 aliphatic carbocycles. The fourth-order valence-corrected chi connectivity index (χ4v) is 1.91. The van der Waals surface area contributed by atoms with Gasteiger partial charge in [-0.3, -0.25) is 10.1 Å². The van der Waals surface area contributed by atoms with E-state index in [9.17, 15) is 4.79 Å². The number of carbonyl (C=O) groups is 1. The van der Waals surface area contributed by atoms with Crippen LogP contribution in [0.5, 0.6) is 0 Å². The lowest BCUT2D eigenvalue weighted by molar-refractivity contribution is 0.101. The molecule has 1 amide bonds. The quantitative estimate of drug-likeness (QED) is 0.804. The summed E-state index contributed by atoms with van der Waals surface area (Å²) in [5, 5.41) is 10.8. The molecule has 0 saturated heterocycles. The lowest BCUT2D eigenvalue weighted by atomic mass is 10.3. The molecule has 0 spiro atoms. The maximum absolute atomic E-state index is 12.0. The Morgan fingerprint density at radius 3 is 2.95 bits per heavy atom. The van der Waals surface area contributed by atoms with Crippen molar-refractivity contribution in [2.24, 2.45) is 0 Å². The maximum Gasteiger partial charge on any atom is 0.302 e. The molecule has 2 aromatic heterocycles. The molecule has 0 atom stereocenters. The van der Waals surface area contributed by atoms with Gasteiger partial charge in [0, 0.05) is 11.1 Å². The van der Waals surface area contributed by atoms with E-state index in [2.05, 4.69) is 20.6 Å². The van der Waals surface area contributed by atoms with Crippen molar-refractivity contribution in [1.82, 2.24) is 20.0 Å². The number of halogens is 1. The first-order valence-electron chi connectivity index (χ1n) is 6.32. The molecule has 1 aromatic carbocycles. The summed E-state index contributed by atoms with van der Waals surface area (Å²) in [7, 11) is 0. The number of nitrogens with one attached hydrogen (secondary N) is 1. The van der Waals surface area contributed by atoms with Crippen molar-refractivity contribution < 1.29 is 9.21 Å². The van der Waals surface area contributed by atoms with Gasteiger partial charge in [0.05, 0.1) is 6.20 Å². The van der Waals surface area contributed by atoms with Crippen LogP contribution in [0.1, 0.15) is 30.4 Å². The molecule has 0 unspecified atom stereocenters. The van der Waals surface area contributed by atoms with E-state index in [0.717, 1.165) is 0 Å². The molecule has 2 heterocycles. The van der Waals surface area contributed by atoms with E-state index < -0.39 is 5.91 Å². The number of oxazole rings is 1. The molecule has 0 fully saturated rings. The van der Waals surface area contributed by atoms with Crippen LogP contribution in [0.15, 0.2) is 28.8 Å². The predicted molar refractivity (Wildman–Crippen MR) is 77.4 cm³/mol. The minimum absolute atomic E-state index is 0.0939. The van der Waals surface area contributed by atoms with E-state index in [1.165, 1.54) is 0 Å². The Balaban J connectivity index is 1.81. The summed E-state index contributed by atoms with van der Waals surface area (Å²) in [5.74, 6) is -0.431. The van der Waals surface area contributed by atoms with Gasteiger partial charge in [-0.1, -0.05) is 16.8 Å². The lowest BCUT2D eigenvalue weighted by Crippen LogP contribution is -2.12. The Hall–Kier alpha value is -2.41. The molecule has 8 heteroatoms. The Labute approximate surface area is 124 Å². The van der Waals surface area contributed by atoms with Crippen molar-refractivity contribution in [2.75, 3.05) is 5.32 Å². The Morgan fingerprint density at radius 2 is 2.24 bits per heavy atom. The average Bonchev–Trinajstić information content (AvgIpc) is 3.03. The molecule has 0 aliphatic heterocycles. The Bertz CT molecular complexity index is 808. The SMILES string of the molecule is CC(C)n1cc(C(=O)Nc2nc3cc(Cl)ccc3o2)nn1. The highest BCUT2D eigenvalue weighted by molar-refractivity contribution is 6.31. The molecule has 3 aromatic rings. The highest BCUT2D eigenvalue weighted by Gasteiger charge is 2.15. The molecular formula is C13H12ClN5O2. The second-order valence-electron chi connectivity index (χ2n) is 4.76. The molecule has 3 rings (SSSR count). The van der Waals surface area contributed by atoms with Crippen molar-refractivity contribution in [1.29, 1.82) is 0 Å². The first kappa shape index (κ1) is 13.6. The topological polar surface area (TPSA) is 85.8 Å². The van der Waals surface area contributed by atoms with Crippen LogP contribution in [0, 0.1) is 0 Å². The maximum atomic E-state index is 12.0. The molecule has 0 bridgehead atoms. The number of carbonyl (C=O) groups excluding carboxylic acids is 1. The molecule has 0 aliphatic rings. The largest absolute Gasteiger partial charge is 0.423 e. The fourth-order valence-electron chi connectivity index (χ4n) is 1.75. The zero-order valence-corrected chi connectivity index (χ0v) is 12.1. The number of anilines is 1. The van der Waals surface area contributed by atoms with Gasteiger partial charge >= 0.3 is 6.01 Å². The van der Waals surface area contributed by atoms with Crippen LogP contribution < -0.4 is 5.32 Å². The fraction of sp³-hybridized carbons (Fsp3) is 0.231. The van der Waals surface area contributed by atoms with Crippen LogP contribution in [0.25, 0.3) is 11.1 Å². The zero-order valence-electron chi connectivity index (χ0n) is 11.4. The number of fused-ring (bicyclic) bond motifs is 1. The van der Waals surface area contributed by atoms with Gasteiger partial charge in [0.25, 0.3) is 5.91 Å². The van der Waals surface area contributed by atoms with Crippen molar-refractivity contribution in [2.45, 2.75) is 19.9 Å². The molecule has 0 saturated carbocycles.